The minimum Gasteiger partial charge on any atom is -0.295 e. The number of aryl methyl sites for hydroxylation is 1. The van der Waals surface area contributed by atoms with Crippen molar-refractivity contribution in [1.82, 2.24) is 34.7 Å². The molecule has 3 heterocycles. The van der Waals surface area contributed by atoms with Gasteiger partial charge in [0.2, 0.25) is 5.82 Å². The second-order valence-electron chi connectivity index (χ2n) is 10.2. The van der Waals surface area contributed by atoms with Gasteiger partial charge >= 0.3 is 5.69 Å². The molecule has 8 nitrogen and oxygen atoms in total. The number of hydrogen-bond acceptors (Lipinski definition) is 5. The standard InChI is InChI=1S/C28H35N7O/c1-4-5-11-22-18-35(26-19(2)9-8-10-20(26)3)28(36)34(22)17-21-14-15-25(29-16-21)23-12-6-7-13-24(23)27-30-32-33-31-27/h6-7,12-16,18-20,26H,4-5,8-11,17H2,1-3H3,(H,30,31,32,33)/t19-,20+,26?. The van der Waals surface area contributed by atoms with Gasteiger partial charge in [-0.15, -0.1) is 10.2 Å². The Bertz CT molecular complexity index is 1330. The molecule has 188 valence electrons. The lowest BCUT2D eigenvalue weighted by molar-refractivity contribution is 0.179. The summed E-state index contributed by atoms with van der Waals surface area (Å²) < 4.78 is 4.01. The fourth-order valence-electron chi connectivity index (χ4n) is 5.74. The Labute approximate surface area is 211 Å². The fraction of sp³-hybridized carbons (Fsp3) is 0.464. The lowest BCUT2D eigenvalue weighted by atomic mass is 9.78. The highest BCUT2D eigenvalue weighted by Crippen LogP contribution is 2.37. The van der Waals surface area contributed by atoms with E-state index in [1.165, 1.54) is 19.3 Å². The van der Waals surface area contributed by atoms with E-state index in [2.05, 4.69) is 53.7 Å². The fourth-order valence-corrected chi connectivity index (χ4v) is 5.74. The number of aromatic amines is 1. The predicted molar refractivity (Wildman–Crippen MR) is 140 cm³/mol. The molecule has 3 aromatic heterocycles. The zero-order valence-electron chi connectivity index (χ0n) is 21.4. The first-order chi connectivity index (χ1) is 17.6. The second kappa shape index (κ2) is 10.6. The van der Waals surface area contributed by atoms with Crippen LogP contribution in [0, 0.1) is 11.8 Å². The van der Waals surface area contributed by atoms with Crippen LogP contribution >= 0.6 is 0 Å². The number of pyridine rings is 1. The lowest BCUT2D eigenvalue weighted by Crippen LogP contribution is -2.35. The number of nitrogens with zero attached hydrogens (tertiary/aromatic N) is 6. The minimum absolute atomic E-state index is 0.109. The molecule has 0 amide bonds. The molecule has 0 spiro atoms. The van der Waals surface area contributed by atoms with Crippen molar-refractivity contribution in [2.24, 2.45) is 11.8 Å². The van der Waals surface area contributed by atoms with Crippen molar-refractivity contribution in [2.75, 3.05) is 0 Å². The van der Waals surface area contributed by atoms with Crippen molar-refractivity contribution in [2.45, 2.75) is 71.9 Å². The number of hydrogen-bond donors (Lipinski definition) is 1. The van der Waals surface area contributed by atoms with Crippen molar-refractivity contribution in [3.63, 3.8) is 0 Å². The lowest BCUT2D eigenvalue weighted by Gasteiger charge is -2.35. The van der Waals surface area contributed by atoms with E-state index in [4.69, 9.17) is 4.98 Å². The van der Waals surface area contributed by atoms with E-state index >= 15 is 0 Å². The summed E-state index contributed by atoms with van der Waals surface area (Å²) in [5, 5.41) is 14.5. The van der Waals surface area contributed by atoms with E-state index in [1.807, 2.05) is 45.7 Å². The average molecular weight is 486 g/mol. The maximum absolute atomic E-state index is 13.7. The van der Waals surface area contributed by atoms with Gasteiger partial charge < -0.3 is 0 Å². The molecule has 1 aromatic carbocycles. The normalized spacial score (nSPS) is 20.0. The Morgan fingerprint density at radius 3 is 2.50 bits per heavy atom. The number of nitrogens with one attached hydrogen (secondary N) is 1. The van der Waals surface area contributed by atoms with Crippen LogP contribution in [-0.2, 0) is 13.0 Å². The molecule has 5 rings (SSSR count). The van der Waals surface area contributed by atoms with Crippen LogP contribution in [0.4, 0.5) is 0 Å². The van der Waals surface area contributed by atoms with Gasteiger partial charge in [-0.2, -0.15) is 5.21 Å². The third-order valence-corrected chi connectivity index (χ3v) is 7.63. The molecule has 1 N–H and O–H groups in total. The first-order valence-electron chi connectivity index (χ1n) is 13.2. The summed E-state index contributed by atoms with van der Waals surface area (Å²) in [6, 6.07) is 12.2. The number of unbranched alkanes of at least 4 members (excludes halogenated alkanes) is 1. The maximum atomic E-state index is 13.7. The van der Waals surface area contributed by atoms with Crippen molar-refractivity contribution in [3.8, 4) is 22.6 Å². The number of imidazole rings is 1. The molecular formula is C28H35N7O. The van der Waals surface area contributed by atoms with Crippen LogP contribution in [0.1, 0.15) is 70.2 Å². The molecule has 1 aliphatic carbocycles. The monoisotopic (exact) mass is 485 g/mol. The van der Waals surface area contributed by atoms with E-state index in [0.29, 0.717) is 24.2 Å². The van der Waals surface area contributed by atoms with Crippen molar-refractivity contribution < 1.29 is 0 Å². The highest BCUT2D eigenvalue weighted by Gasteiger charge is 2.31. The van der Waals surface area contributed by atoms with Gasteiger partial charge in [0.05, 0.1) is 12.2 Å². The third-order valence-electron chi connectivity index (χ3n) is 7.63. The number of aromatic nitrogens is 7. The van der Waals surface area contributed by atoms with Crippen LogP contribution < -0.4 is 5.69 Å². The highest BCUT2D eigenvalue weighted by atomic mass is 16.1. The Balaban J connectivity index is 1.45. The van der Waals surface area contributed by atoms with Gasteiger partial charge in [0.1, 0.15) is 0 Å². The van der Waals surface area contributed by atoms with Crippen molar-refractivity contribution >= 4 is 0 Å². The summed E-state index contributed by atoms with van der Waals surface area (Å²) in [6.07, 6.45) is 10.7. The Kier molecular flexibility index (Phi) is 7.11. The molecule has 3 atom stereocenters. The van der Waals surface area contributed by atoms with Gasteiger partial charge in [0.15, 0.2) is 0 Å². The molecule has 0 radical (unpaired) electrons. The zero-order chi connectivity index (χ0) is 25.1. The van der Waals surface area contributed by atoms with Crippen LogP contribution in [-0.4, -0.2) is 34.7 Å². The minimum atomic E-state index is 0.109. The SMILES string of the molecule is CCCCc1cn(C2[C@H](C)CCC[C@@H]2C)c(=O)n1Cc1ccc(-c2ccccc2-c2nn[nH]n2)nc1. The van der Waals surface area contributed by atoms with Crippen LogP contribution in [0.5, 0.6) is 0 Å². The quantitative estimate of drug-likeness (QED) is 0.366. The smallest absolute Gasteiger partial charge is 0.295 e. The van der Waals surface area contributed by atoms with Gasteiger partial charge in [0.25, 0.3) is 0 Å². The Morgan fingerprint density at radius 2 is 1.83 bits per heavy atom. The first-order valence-corrected chi connectivity index (χ1v) is 13.2. The van der Waals surface area contributed by atoms with Crippen LogP contribution in [0.2, 0.25) is 0 Å². The third kappa shape index (κ3) is 4.76. The van der Waals surface area contributed by atoms with Gasteiger partial charge in [-0.3, -0.25) is 14.1 Å². The zero-order valence-corrected chi connectivity index (χ0v) is 21.4. The molecule has 1 saturated carbocycles. The van der Waals surface area contributed by atoms with Crippen molar-refractivity contribution in [3.05, 3.63) is 70.5 Å². The summed E-state index contributed by atoms with van der Waals surface area (Å²) in [6.45, 7) is 7.32. The summed E-state index contributed by atoms with van der Waals surface area (Å²) >= 11 is 0. The van der Waals surface area contributed by atoms with Crippen LogP contribution in [0.3, 0.4) is 0 Å². The van der Waals surface area contributed by atoms with E-state index in [9.17, 15) is 4.79 Å². The maximum Gasteiger partial charge on any atom is 0.328 e. The molecule has 0 aliphatic heterocycles. The molecule has 1 unspecified atom stereocenters. The van der Waals surface area contributed by atoms with E-state index in [-0.39, 0.29) is 11.7 Å². The number of tetrazole rings is 1. The van der Waals surface area contributed by atoms with Crippen molar-refractivity contribution in [1.29, 1.82) is 0 Å². The largest absolute Gasteiger partial charge is 0.328 e. The number of rotatable bonds is 8. The van der Waals surface area contributed by atoms with Gasteiger partial charge in [0, 0.05) is 35.3 Å². The average Bonchev–Trinajstić information content (AvgIpc) is 3.53. The van der Waals surface area contributed by atoms with Gasteiger partial charge in [-0.1, -0.05) is 63.9 Å². The predicted octanol–water partition coefficient (Wildman–Crippen LogP) is 5.28. The van der Waals surface area contributed by atoms with E-state index in [1.54, 1.807) is 0 Å². The summed E-state index contributed by atoms with van der Waals surface area (Å²) in [5.41, 5.74) is 4.89. The van der Waals surface area contributed by atoms with Gasteiger partial charge in [-0.25, -0.2) is 4.79 Å². The highest BCUT2D eigenvalue weighted by molar-refractivity contribution is 5.78. The van der Waals surface area contributed by atoms with Gasteiger partial charge in [-0.05, 0) is 54.4 Å². The first kappa shape index (κ1) is 24.2. The molecule has 1 aliphatic rings. The molecule has 8 heteroatoms. The second-order valence-corrected chi connectivity index (χ2v) is 10.2. The Morgan fingerprint density at radius 1 is 1.06 bits per heavy atom. The Hall–Kier alpha value is -3.55. The summed E-state index contributed by atoms with van der Waals surface area (Å²) in [7, 11) is 0. The molecule has 0 bridgehead atoms. The number of benzene rings is 1. The summed E-state index contributed by atoms with van der Waals surface area (Å²) in [4.78, 5) is 18.4. The summed E-state index contributed by atoms with van der Waals surface area (Å²) in [5.74, 6) is 1.57. The van der Waals surface area contributed by atoms with E-state index in [0.717, 1.165) is 47.3 Å². The topological polar surface area (TPSA) is 94.3 Å². The molecule has 0 saturated heterocycles. The number of H-pyrrole nitrogens is 1. The van der Waals surface area contributed by atoms with Crippen LogP contribution in [0.25, 0.3) is 22.6 Å². The van der Waals surface area contributed by atoms with Crippen LogP contribution in [0.15, 0.2) is 53.6 Å². The molecule has 1 fully saturated rings. The molecular weight excluding hydrogens is 450 g/mol. The molecule has 36 heavy (non-hydrogen) atoms. The van der Waals surface area contributed by atoms with E-state index < -0.39 is 0 Å². The molecule has 4 aromatic rings.